The fraction of sp³-hybridized carbons (Fsp3) is 0.647. The molecule has 1 amide bonds. The zero-order valence-corrected chi connectivity index (χ0v) is 13.7. The number of carbonyl (C=O) groups excluding carboxylic acids is 1. The van der Waals surface area contributed by atoms with Gasteiger partial charge in [0.1, 0.15) is 5.15 Å². The Morgan fingerprint density at radius 1 is 1.29 bits per heavy atom. The molecule has 3 atom stereocenters. The monoisotopic (exact) mass is 306 g/mol. The van der Waals surface area contributed by atoms with E-state index in [1.165, 1.54) is 19.3 Å². The van der Waals surface area contributed by atoms with Crippen LogP contribution in [0, 0.1) is 11.8 Å². The number of aromatic nitrogens is 1. The quantitative estimate of drug-likeness (QED) is 0.841. The highest BCUT2D eigenvalue weighted by Gasteiger charge is 2.40. The van der Waals surface area contributed by atoms with Gasteiger partial charge < -0.3 is 5.32 Å². The van der Waals surface area contributed by atoms with Crippen LogP contribution >= 0.6 is 11.6 Å². The van der Waals surface area contributed by atoms with Crippen LogP contribution < -0.4 is 5.32 Å². The highest BCUT2D eigenvalue weighted by molar-refractivity contribution is 6.29. The van der Waals surface area contributed by atoms with Gasteiger partial charge in [-0.25, -0.2) is 4.98 Å². The summed E-state index contributed by atoms with van der Waals surface area (Å²) in [5, 5.41) is 3.60. The van der Waals surface area contributed by atoms with Crippen molar-refractivity contribution >= 4 is 17.5 Å². The predicted molar refractivity (Wildman–Crippen MR) is 84.6 cm³/mol. The second-order valence-electron chi connectivity index (χ2n) is 7.57. The van der Waals surface area contributed by atoms with Crippen molar-refractivity contribution in [1.29, 1.82) is 0 Å². The van der Waals surface area contributed by atoms with Crippen LogP contribution in [0.25, 0.3) is 0 Å². The summed E-state index contributed by atoms with van der Waals surface area (Å²) in [5.41, 5.74) is 1.36. The molecule has 4 heteroatoms. The minimum Gasteiger partial charge on any atom is -0.349 e. The highest BCUT2D eigenvalue weighted by Crippen LogP contribution is 2.44. The van der Waals surface area contributed by atoms with Crippen molar-refractivity contribution in [2.24, 2.45) is 11.8 Å². The SMILES string of the molecule is CC(C)(C)c1cc(C(=O)NC2CC3CCC2C3)cc(Cl)n1. The van der Waals surface area contributed by atoms with Gasteiger partial charge in [0.15, 0.2) is 0 Å². The average Bonchev–Trinajstić information content (AvgIpc) is 2.99. The van der Waals surface area contributed by atoms with Crippen LogP contribution in [0.15, 0.2) is 12.1 Å². The number of nitrogens with zero attached hydrogens (tertiary/aromatic N) is 1. The normalized spacial score (nSPS) is 27.9. The molecule has 2 bridgehead atoms. The first kappa shape index (κ1) is 14.8. The minimum absolute atomic E-state index is 0.0117. The molecule has 0 aromatic carbocycles. The number of halogens is 1. The van der Waals surface area contributed by atoms with E-state index in [1.54, 1.807) is 6.07 Å². The van der Waals surface area contributed by atoms with Crippen LogP contribution in [0.3, 0.4) is 0 Å². The third-order valence-electron chi connectivity index (χ3n) is 4.88. The summed E-state index contributed by atoms with van der Waals surface area (Å²) in [4.78, 5) is 16.9. The molecule has 1 aromatic heterocycles. The molecule has 3 nitrogen and oxygen atoms in total. The lowest BCUT2D eigenvalue weighted by Crippen LogP contribution is -2.38. The van der Waals surface area contributed by atoms with Gasteiger partial charge in [0.25, 0.3) is 5.91 Å². The van der Waals surface area contributed by atoms with E-state index in [9.17, 15) is 4.79 Å². The Balaban J connectivity index is 1.77. The van der Waals surface area contributed by atoms with Crippen LogP contribution in [0.2, 0.25) is 5.15 Å². The second-order valence-corrected chi connectivity index (χ2v) is 7.96. The summed E-state index contributed by atoms with van der Waals surface area (Å²) in [6.45, 7) is 6.22. The molecule has 1 aromatic rings. The van der Waals surface area contributed by atoms with E-state index in [0.29, 0.717) is 22.7 Å². The van der Waals surface area contributed by atoms with Crippen molar-refractivity contribution in [2.45, 2.75) is 57.9 Å². The van der Waals surface area contributed by atoms with Gasteiger partial charge in [0, 0.05) is 22.7 Å². The Morgan fingerprint density at radius 3 is 2.62 bits per heavy atom. The molecule has 114 valence electrons. The molecule has 0 saturated heterocycles. The lowest BCUT2D eigenvalue weighted by atomic mass is 9.90. The number of carbonyl (C=O) groups is 1. The fourth-order valence-corrected chi connectivity index (χ4v) is 3.89. The van der Waals surface area contributed by atoms with Gasteiger partial charge >= 0.3 is 0 Å². The molecule has 2 aliphatic rings. The average molecular weight is 307 g/mol. The van der Waals surface area contributed by atoms with E-state index < -0.39 is 0 Å². The molecule has 1 N–H and O–H groups in total. The van der Waals surface area contributed by atoms with Crippen LogP contribution in [0.4, 0.5) is 0 Å². The maximum Gasteiger partial charge on any atom is 0.251 e. The number of rotatable bonds is 2. The van der Waals surface area contributed by atoms with E-state index in [4.69, 9.17) is 11.6 Å². The molecule has 0 spiro atoms. The van der Waals surface area contributed by atoms with Crippen molar-refractivity contribution in [1.82, 2.24) is 10.3 Å². The Labute approximate surface area is 131 Å². The Morgan fingerprint density at radius 2 is 2.05 bits per heavy atom. The number of fused-ring (bicyclic) bond motifs is 2. The smallest absolute Gasteiger partial charge is 0.251 e. The summed E-state index contributed by atoms with van der Waals surface area (Å²) < 4.78 is 0. The first-order chi connectivity index (χ1) is 9.83. The molecule has 3 rings (SSSR count). The summed E-state index contributed by atoms with van der Waals surface area (Å²) in [6.07, 6.45) is 5.03. The van der Waals surface area contributed by atoms with Crippen molar-refractivity contribution < 1.29 is 4.79 Å². The van der Waals surface area contributed by atoms with Gasteiger partial charge in [-0.05, 0) is 43.2 Å². The van der Waals surface area contributed by atoms with Crippen LogP contribution in [0.1, 0.15) is 62.5 Å². The molecular weight excluding hydrogens is 284 g/mol. The zero-order chi connectivity index (χ0) is 15.2. The first-order valence-electron chi connectivity index (χ1n) is 7.82. The van der Waals surface area contributed by atoms with Crippen LogP contribution in [0.5, 0.6) is 0 Å². The van der Waals surface area contributed by atoms with E-state index in [-0.39, 0.29) is 11.3 Å². The van der Waals surface area contributed by atoms with Crippen molar-refractivity contribution in [2.75, 3.05) is 0 Å². The van der Waals surface area contributed by atoms with E-state index in [1.807, 2.05) is 6.07 Å². The van der Waals surface area contributed by atoms with Gasteiger partial charge in [-0.15, -0.1) is 0 Å². The first-order valence-corrected chi connectivity index (χ1v) is 8.19. The number of hydrogen-bond donors (Lipinski definition) is 1. The predicted octanol–water partition coefficient (Wildman–Crippen LogP) is 3.95. The molecule has 0 aliphatic heterocycles. The van der Waals surface area contributed by atoms with Crippen LogP contribution in [-0.2, 0) is 5.41 Å². The van der Waals surface area contributed by atoms with Crippen molar-refractivity contribution in [3.8, 4) is 0 Å². The molecule has 2 aliphatic carbocycles. The van der Waals surface area contributed by atoms with Crippen molar-refractivity contribution in [3.05, 3.63) is 28.5 Å². The lowest BCUT2D eigenvalue weighted by Gasteiger charge is -2.23. The minimum atomic E-state index is -0.119. The summed E-state index contributed by atoms with van der Waals surface area (Å²) in [5.74, 6) is 1.49. The van der Waals surface area contributed by atoms with Gasteiger partial charge in [-0.3, -0.25) is 4.79 Å². The van der Waals surface area contributed by atoms with E-state index in [2.05, 4.69) is 31.1 Å². The zero-order valence-electron chi connectivity index (χ0n) is 12.9. The molecule has 21 heavy (non-hydrogen) atoms. The molecule has 2 fully saturated rings. The third-order valence-corrected chi connectivity index (χ3v) is 5.07. The number of amides is 1. The topological polar surface area (TPSA) is 42.0 Å². The van der Waals surface area contributed by atoms with Gasteiger partial charge in [-0.1, -0.05) is 38.8 Å². The Bertz CT molecular complexity index is 564. The summed E-state index contributed by atoms with van der Waals surface area (Å²) in [6, 6.07) is 3.88. The third kappa shape index (κ3) is 3.08. The van der Waals surface area contributed by atoms with Gasteiger partial charge in [0.05, 0.1) is 0 Å². The number of pyridine rings is 1. The maximum atomic E-state index is 12.5. The lowest BCUT2D eigenvalue weighted by molar-refractivity contribution is 0.0922. The maximum absolute atomic E-state index is 12.5. The molecule has 3 unspecified atom stereocenters. The molecular formula is C17H23ClN2O. The highest BCUT2D eigenvalue weighted by atomic mass is 35.5. The van der Waals surface area contributed by atoms with Crippen LogP contribution in [-0.4, -0.2) is 16.9 Å². The fourth-order valence-electron chi connectivity index (χ4n) is 3.69. The molecule has 0 radical (unpaired) electrons. The molecule has 2 saturated carbocycles. The van der Waals surface area contributed by atoms with Crippen molar-refractivity contribution in [3.63, 3.8) is 0 Å². The standard InChI is InChI=1S/C17H23ClN2O/c1-17(2,3)14-8-12(9-15(18)20-14)16(21)19-13-7-10-4-5-11(13)6-10/h8-11,13H,4-7H2,1-3H3,(H,19,21). The van der Waals surface area contributed by atoms with Gasteiger partial charge in [0.2, 0.25) is 0 Å². The second kappa shape index (κ2) is 5.28. The Kier molecular flexibility index (Phi) is 3.73. The summed E-state index contributed by atoms with van der Waals surface area (Å²) in [7, 11) is 0. The summed E-state index contributed by atoms with van der Waals surface area (Å²) >= 11 is 6.09. The Hall–Kier alpha value is -1.09. The number of hydrogen-bond acceptors (Lipinski definition) is 2. The number of nitrogens with one attached hydrogen (secondary N) is 1. The van der Waals surface area contributed by atoms with Gasteiger partial charge in [-0.2, -0.15) is 0 Å². The van der Waals surface area contributed by atoms with E-state index >= 15 is 0 Å². The molecule has 1 heterocycles. The largest absolute Gasteiger partial charge is 0.349 e. The van der Waals surface area contributed by atoms with E-state index in [0.717, 1.165) is 18.0 Å².